The summed E-state index contributed by atoms with van der Waals surface area (Å²) in [5.41, 5.74) is 0. The van der Waals surface area contributed by atoms with Crippen molar-refractivity contribution in [1.29, 1.82) is 0 Å². The molecular formula is C14H24S2. The molecule has 1 aromatic rings. The Bertz CT molecular complexity index is 289. The summed E-state index contributed by atoms with van der Waals surface area (Å²) < 4.78 is 0. The lowest BCUT2D eigenvalue weighted by Crippen LogP contribution is -1.84. The highest BCUT2D eigenvalue weighted by molar-refractivity contribution is 7.98. The van der Waals surface area contributed by atoms with Crippen LogP contribution in [0.15, 0.2) is 11.0 Å². The molecule has 0 bridgehead atoms. The van der Waals surface area contributed by atoms with Crippen molar-refractivity contribution >= 4 is 23.1 Å². The van der Waals surface area contributed by atoms with Crippen LogP contribution in [0.4, 0.5) is 0 Å². The molecule has 0 aliphatic rings. The highest BCUT2D eigenvalue weighted by Gasteiger charge is 2.05. The molecule has 2 heteroatoms. The standard InChI is InChI=1S/C14H24S2/c1-4-5-6-7-8-9-10-13-14(15-3)11-12(2)16-13/h11H,4-10H2,1-3H3. The first-order valence-electron chi connectivity index (χ1n) is 6.41. The van der Waals surface area contributed by atoms with Crippen LogP contribution in [0.3, 0.4) is 0 Å². The van der Waals surface area contributed by atoms with E-state index in [0.29, 0.717) is 0 Å². The molecular weight excluding hydrogens is 232 g/mol. The van der Waals surface area contributed by atoms with E-state index in [2.05, 4.69) is 26.2 Å². The summed E-state index contributed by atoms with van der Waals surface area (Å²) in [5.74, 6) is 0. The van der Waals surface area contributed by atoms with E-state index in [-0.39, 0.29) is 0 Å². The minimum absolute atomic E-state index is 1.29. The summed E-state index contributed by atoms with van der Waals surface area (Å²) in [7, 11) is 0. The zero-order valence-corrected chi connectivity index (χ0v) is 12.5. The first kappa shape index (κ1) is 14.1. The number of hydrogen-bond acceptors (Lipinski definition) is 2. The largest absolute Gasteiger partial charge is 0.145 e. The summed E-state index contributed by atoms with van der Waals surface area (Å²) in [6.07, 6.45) is 11.9. The lowest BCUT2D eigenvalue weighted by molar-refractivity contribution is 0.608. The molecule has 0 fully saturated rings. The molecule has 0 spiro atoms. The van der Waals surface area contributed by atoms with Crippen LogP contribution in [0.1, 0.15) is 55.2 Å². The van der Waals surface area contributed by atoms with Crippen molar-refractivity contribution in [2.45, 2.75) is 63.7 Å². The Balaban J connectivity index is 2.21. The number of aryl methyl sites for hydroxylation is 2. The molecule has 0 N–H and O–H groups in total. The molecule has 0 atom stereocenters. The zero-order valence-electron chi connectivity index (χ0n) is 10.8. The van der Waals surface area contributed by atoms with Crippen molar-refractivity contribution < 1.29 is 0 Å². The Hall–Kier alpha value is 0.0500. The van der Waals surface area contributed by atoms with Crippen LogP contribution in [0.5, 0.6) is 0 Å². The van der Waals surface area contributed by atoms with E-state index in [9.17, 15) is 0 Å². The minimum atomic E-state index is 1.29. The SMILES string of the molecule is CCCCCCCCc1sc(C)cc1SC. The summed E-state index contributed by atoms with van der Waals surface area (Å²) in [6, 6.07) is 2.34. The minimum Gasteiger partial charge on any atom is -0.145 e. The van der Waals surface area contributed by atoms with E-state index in [0.717, 1.165) is 0 Å². The molecule has 92 valence electrons. The number of rotatable bonds is 8. The second kappa shape index (κ2) is 8.19. The molecule has 0 saturated heterocycles. The number of hydrogen-bond donors (Lipinski definition) is 0. The normalized spacial score (nSPS) is 10.9. The highest BCUT2D eigenvalue weighted by Crippen LogP contribution is 2.30. The van der Waals surface area contributed by atoms with Gasteiger partial charge >= 0.3 is 0 Å². The van der Waals surface area contributed by atoms with E-state index in [4.69, 9.17) is 0 Å². The lowest BCUT2D eigenvalue weighted by Gasteiger charge is -2.01. The van der Waals surface area contributed by atoms with Crippen LogP contribution in [0.25, 0.3) is 0 Å². The van der Waals surface area contributed by atoms with Gasteiger partial charge in [0.2, 0.25) is 0 Å². The van der Waals surface area contributed by atoms with Crippen molar-refractivity contribution in [1.82, 2.24) is 0 Å². The van der Waals surface area contributed by atoms with Gasteiger partial charge in [-0.25, -0.2) is 0 Å². The first-order chi connectivity index (χ1) is 7.77. The van der Waals surface area contributed by atoms with Crippen LogP contribution in [0.2, 0.25) is 0 Å². The summed E-state index contributed by atoms with van der Waals surface area (Å²) >= 11 is 3.88. The molecule has 1 aromatic heterocycles. The van der Waals surface area contributed by atoms with Crippen molar-refractivity contribution in [3.63, 3.8) is 0 Å². The van der Waals surface area contributed by atoms with Gasteiger partial charge in [0, 0.05) is 14.6 Å². The third kappa shape index (κ3) is 4.92. The van der Waals surface area contributed by atoms with Gasteiger partial charge in [-0.15, -0.1) is 23.1 Å². The Morgan fingerprint density at radius 1 is 1.12 bits per heavy atom. The van der Waals surface area contributed by atoms with Gasteiger partial charge in [-0.3, -0.25) is 0 Å². The molecule has 0 aromatic carbocycles. The maximum atomic E-state index is 2.34. The number of thiophene rings is 1. The fourth-order valence-corrected chi connectivity index (χ4v) is 4.00. The maximum absolute atomic E-state index is 2.34. The molecule has 0 unspecified atom stereocenters. The molecule has 1 heterocycles. The van der Waals surface area contributed by atoms with E-state index in [1.165, 1.54) is 54.7 Å². The molecule has 0 aliphatic carbocycles. The average Bonchev–Trinajstić information content (AvgIpc) is 2.64. The number of unbranched alkanes of at least 4 members (excludes halogenated alkanes) is 5. The van der Waals surface area contributed by atoms with Gasteiger partial charge in [-0.05, 0) is 32.1 Å². The predicted molar refractivity (Wildman–Crippen MR) is 77.9 cm³/mol. The first-order valence-corrected chi connectivity index (χ1v) is 8.45. The molecule has 16 heavy (non-hydrogen) atoms. The quantitative estimate of drug-likeness (QED) is 0.426. The Kier molecular flexibility index (Phi) is 7.22. The van der Waals surface area contributed by atoms with Gasteiger partial charge in [-0.1, -0.05) is 39.0 Å². The monoisotopic (exact) mass is 256 g/mol. The summed E-state index contributed by atoms with van der Waals surface area (Å²) in [5, 5.41) is 0. The maximum Gasteiger partial charge on any atom is 0.0211 e. The average molecular weight is 256 g/mol. The topological polar surface area (TPSA) is 0 Å². The van der Waals surface area contributed by atoms with Crippen LogP contribution in [-0.2, 0) is 6.42 Å². The summed E-state index contributed by atoms with van der Waals surface area (Å²) in [4.78, 5) is 4.59. The van der Waals surface area contributed by atoms with Crippen LogP contribution >= 0.6 is 23.1 Å². The molecule has 0 nitrogen and oxygen atoms in total. The van der Waals surface area contributed by atoms with Gasteiger partial charge in [0.05, 0.1) is 0 Å². The van der Waals surface area contributed by atoms with Crippen LogP contribution in [-0.4, -0.2) is 6.26 Å². The Labute approximate surface area is 109 Å². The molecule has 0 saturated carbocycles. The number of thioether (sulfide) groups is 1. The van der Waals surface area contributed by atoms with Crippen molar-refractivity contribution in [3.8, 4) is 0 Å². The molecule has 1 rings (SSSR count). The van der Waals surface area contributed by atoms with Crippen molar-refractivity contribution in [2.75, 3.05) is 6.26 Å². The molecule has 0 radical (unpaired) electrons. The van der Waals surface area contributed by atoms with E-state index >= 15 is 0 Å². The van der Waals surface area contributed by atoms with E-state index in [1.807, 2.05) is 23.1 Å². The van der Waals surface area contributed by atoms with Gasteiger partial charge < -0.3 is 0 Å². The van der Waals surface area contributed by atoms with Crippen molar-refractivity contribution in [3.05, 3.63) is 15.8 Å². The summed E-state index contributed by atoms with van der Waals surface area (Å²) in [6.45, 7) is 4.49. The predicted octanol–water partition coefficient (Wildman–Crippen LogP) is 5.68. The van der Waals surface area contributed by atoms with Gasteiger partial charge in [0.25, 0.3) is 0 Å². The fraction of sp³-hybridized carbons (Fsp3) is 0.714. The van der Waals surface area contributed by atoms with Crippen LogP contribution in [0, 0.1) is 6.92 Å². The van der Waals surface area contributed by atoms with Crippen LogP contribution < -0.4 is 0 Å². The van der Waals surface area contributed by atoms with Gasteiger partial charge in [0.15, 0.2) is 0 Å². The molecule has 0 aliphatic heterocycles. The van der Waals surface area contributed by atoms with E-state index in [1.54, 1.807) is 4.88 Å². The second-order valence-corrected chi connectivity index (χ2v) is 6.56. The smallest absolute Gasteiger partial charge is 0.0211 e. The second-order valence-electron chi connectivity index (χ2n) is 4.37. The fourth-order valence-electron chi connectivity index (χ4n) is 1.95. The Morgan fingerprint density at radius 3 is 2.50 bits per heavy atom. The Morgan fingerprint density at radius 2 is 1.81 bits per heavy atom. The molecule has 0 amide bonds. The zero-order chi connectivity index (χ0) is 11.8. The van der Waals surface area contributed by atoms with Crippen molar-refractivity contribution in [2.24, 2.45) is 0 Å². The third-order valence-corrected chi connectivity index (χ3v) is 4.91. The van der Waals surface area contributed by atoms with Gasteiger partial charge in [0.1, 0.15) is 0 Å². The lowest BCUT2D eigenvalue weighted by atomic mass is 10.1. The van der Waals surface area contributed by atoms with E-state index < -0.39 is 0 Å². The highest BCUT2D eigenvalue weighted by atomic mass is 32.2. The third-order valence-electron chi connectivity index (χ3n) is 2.87. The van der Waals surface area contributed by atoms with Gasteiger partial charge in [-0.2, -0.15) is 0 Å².